The van der Waals surface area contributed by atoms with Crippen LogP contribution in [0.2, 0.25) is 0 Å². The Morgan fingerprint density at radius 2 is 2.38 bits per heavy atom. The quantitative estimate of drug-likeness (QED) is 0.795. The number of aliphatic hydroxyl groups is 1. The number of nitrogens with zero attached hydrogens (tertiary/aromatic N) is 1. The Labute approximate surface area is 127 Å². The highest BCUT2D eigenvalue weighted by Gasteiger charge is 2.30. The maximum absolute atomic E-state index is 12.6. The topological polar surface area (TPSA) is 95.1 Å². The summed E-state index contributed by atoms with van der Waals surface area (Å²) in [6.45, 7) is 1.23. The van der Waals surface area contributed by atoms with Crippen molar-refractivity contribution in [1.82, 2.24) is 14.9 Å². The van der Waals surface area contributed by atoms with Crippen LogP contribution >= 0.6 is 11.3 Å². The number of hydrogen-bond acceptors (Lipinski definition) is 5. The van der Waals surface area contributed by atoms with Crippen molar-refractivity contribution in [2.24, 2.45) is 0 Å². The van der Waals surface area contributed by atoms with Gasteiger partial charge in [0.1, 0.15) is 10.6 Å². The molecule has 21 heavy (non-hydrogen) atoms. The molecule has 0 fully saturated rings. The van der Waals surface area contributed by atoms with Gasteiger partial charge in [0.05, 0.1) is 12.3 Å². The van der Waals surface area contributed by atoms with E-state index in [1.165, 1.54) is 4.88 Å². The summed E-state index contributed by atoms with van der Waals surface area (Å²) in [7, 11) is -3.71. The van der Waals surface area contributed by atoms with Gasteiger partial charge in [0.2, 0.25) is 10.0 Å². The average molecular weight is 327 g/mol. The molecule has 114 valence electrons. The van der Waals surface area contributed by atoms with Gasteiger partial charge in [-0.05, 0) is 43.2 Å². The van der Waals surface area contributed by atoms with Gasteiger partial charge >= 0.3 is 0 Å². The van der Waals surface area contributed by atoms with E-state index in [9.17, 15) is 13.5 Å². The van der Waals surface area contributed by atoms with Crippen LogP contribution in [0.5, 0.6) is 0 Å². The summed E-state index contributed by atoms with van der Waals surface area (Å²) >= 11 is 1.67. The first-order valence-corrected chi connectivity index (χ1v) is 9.12. The van der Waals surface area contributed by atoms with E-state index in [4.69, 9.17) is 0 Å². The fraction of sp³-hybridized carbons (Fsp3) is 0.462. The molecule has 2 aromatic heterocycles. The first-order chi connectivity index (χ1) is 10.0. The lowest BCUT2D eigenvalue weighted by atomic mass is 9.95. The molecule has 6 nitrogen and oxygen atoms in total. The summed E-state index contributed by atoms with van der Waals surface area (Å²) in [5, 5.41) is 17.7. The third-order valence-electron chi connectivity index (χ3n) is 3.73. The molecular formula is C13H17N3O3S2. The van der Waals surface area contributed by atoms with E-state index in [0.29, 0.717) is 5.69 Å². The lowest BCUT2D eigenvalue weighted by Crippen LogP contribution is -2.31. The summed E-state index contributed by atoms with van der Waals surface area (Å²) < 4.78 is 28.0. The number of H-pyrrole nitrogens is 1. The van der Waals surface area contributed by atoms with Crippen molar-refractivity contribution in [2.45, 2.75) is 43.7 Å². The molecular weight excluding hydrogens is 310 g/mol. The van der Waals surface area contributed by atoms with E-state index in [-0.39, 0.29) is 16.6 Å². The van der Waals surface area contributed by atoms with Gasteiger partial charge in [-0.2, -0.15) is 5.10 Å². The van der Waals surface area contributed by atoms with Crippen LogP contribution < -0.4 is 4.72 Å². The van der Waals surface area contributed by atoms with Crippen LogP contribution in [0.15, 0.2) is 16.3 Å². The van der Waals surface area contributed by atoms with Gasteiger partial charge in [0.25, 0.3) is 0 Å². The highest BCUT2D eigenvalue weighted by molar-refractivity contribution is 7.89. The highest BCUT2D eigenvalue weighted by Crippen LogP contribution is 2.34. The number of hydrogen-bond donors (Lipinski definition) is 3. The highest BCUT2D eigenvalue weighted by atomic mass is 32.2. The molecule has 1 unspecified atom stereocenters. The van der Waals surface area contributed by atoms with E-state index in [1.54, 1.807) is 18.3 Å². The maximum atomic E-state index is 12.6. The van der Waals surface area contributed by atoms with E-state index >= 15 is 0 Å². The van der Waals surface area contributed by atoms with Crippen molar-refractivity contribution in [2.75, 3.05) is 0 Å². The number of aryl methyl sites for hydroxylation is 2. The van der Waals surface area contributed by atoms with E-state index < -0.39 is 16.6 Å². The van der Waals surface area contributed by atoms with Crippen LogP contribution in [-0.4, -0.2) is 23.7 Å². The molecule has 2 aromatic rings. The van der Waals surface area contributed by atoms with Crippen LogP contribution in [0, 0.1) is 6.92 Å². The van der Waals surface area contributed by atoms with Crippen molar-refractivity contribution in [3.63, 3.8) is 0 Å². The Morgan fingerprint density at radius 3 is 3.14 bits per heavy atom. The number of sulfonamides is 1. The first kappa shape index (κ1) is 14.7. The lowest BCUT2D eigenvalue weighted by Gasteiger charge is -2.23. The van der Waals surface area contributed by atoms with Gasteiger partial charge in [-0.3, -0.25) is 5.10 Å². The van der Waals surface area contributed by atoms with Crippen LogP contribution in [0.25, 0.3) is 0 Å². The predicted octanol–water partition coefficient (Wildman–Crippen LogP) is 1.63. The normalized spacial score (nSPS) is 18.7. The summed E-state index contributed by atoms with van der Waals surface area (Å²) in [4.78, 5) is 1.31. The Kier molecular flexibility index (Phi) is 3.87. The molecule has 0 saturated carbocycles. The molecule has 3 rings (SSSR count). The Balaban J connectivity index is 1.93. The molecule has 0 saturated heterocycles. The van der Waals surface area contributed by atoms with Crippen LogP contribution in [0.4, 0.5) is 0 Å². The molecule has 0 amide bonds. The molecule has 1 aliphatic rings. The molecule has 1 atom stereocenters. The third-order valence-corrected chi connectivity index (χ3v) is 6.40. The molecule has 0 aromatic carbocycles. The zero-order chi connectivity index (χ0) is 15.0. The fourth-order valence-corrected chi connectivity index (χ4v) is 5.38. The molecule has 3 N–H and O–H groups in total. The Hall–Kier alpha value is -1.22. The monoisotopic (exact) mass is 327 g/mol. The summed E-state index contributed by atoms with van der Waals surface area (Å²) in [6, 6.07) is 1.78. The van der Waals surface area contributed by atoms with Gasteiger partial charge in [-0.1, -0.05) is 0 Å². The van der Waals surface area contributed by atoms with Crippen molar-refractivity contribution < 1.29 is 13.5 Å². The summed E-state index contributed by atoms with van der Waals surface area (Å²) in [5.41, 5.74) is 1.66. The molecule has 0 aliphatic heterocycles. The second-order valence-corrected chi connectivity index (χ2v) is 7.80. The fourth-order valence-electron chi connectivity index (χ4n) is 2.79. The van der Waals surface area contributed by atoms with Gasteiger partial charge < -0.3 is 5.11 Å². The minimum atomic E-state index is -3.71. The minimum Gasteiger partial charge on any atom is -0.390 e. The molecule has 8 heteroatoms. The Morgan fingerprint density at radius 1 is 1.57 bits per heavy atom. The molecule has 0 spiro atoms. The number of aliphatic hydroxyl groups excluding tert-OH is 1. The second-order valence-electron chi connectivity index (χ2n) is 5.15. The van der Waals surface area contributed by atoms with Crippen LogP contribution in [0.1, 0.15) is 40.7 Å². The zero-order valence-electron chi connectivity index (χ0n) is 11.6. The molecule has 0 radical (unpaired) electrons. The average Bonchev–Trinajstić information content (AvgIpc) is 3.05. The van der Waals surface area contributed by atoms with E-state index in [2.05, 4.69) is 14.9 Å². The number of nitrogens with one attached hydrogen (secondary N) is 2. The maximum Gasteiger partial charge on any atom is 0.244 e. The third kappa shape index (κ3) is 2.64. The molecule has 0 bridgehead atoms. The Bertz CT molecular complexity index is 749. The van der Waals surface area contributed by atoms with Crippen molar-refractivity contribution in [3.05, 3.63) is 33.3 Å². The first-order valence-electron chi connectivity index (χ1n) is 6.76. The zero-order valence-corrected chi connectivity index (χ0v) is 13.2. The summed E-state index contributed by atoms with van der Waals surface area (Å²) in [6.07, 6.45) is 2.77. The largest absolute Gasteiger partial charge is 0.390 e. The molecule has 2 heterocycles. The smallest absolute Gasteiger partial charge is 0.244 e. The van der Waals surface area contributed by atoms with Gasteiger partial charge in [-0.15, -0.1) is 11.3 Å². The van der Waals surface area contributed by atoms with E-state index in [1.807, 2.05) is 11.4 Å². The van der Waals surface area contributed by atoms with Crippen molar-refractivity contribution >= 4 is 21.4 Å². The number of aromatic amines is 1. The number of thiophene rings is 1. The summed E-state index contributed by atoms with van der Waals surface area (Å²) in [5.74, 6) is 0. The van der Waals surface area contributed by atoms with Gasteiger partial charge in [0, 0.05) is 10.9 Å². The SMILES string of the molecule is Cc1[nH]nc(CO)c1S(=O)(=O)NC1CCCc2sccc21. The van der Waals surface area contributed by atoms with E-state index in [0.717, 1.165) is 24.8 Å². The lowest BCUT2D eigenvalue weighted by molar-refractivity contribution is 0.273. The second kappa shape index (κ2) is 5.53. The number of fused-ring (bicyclic) bond motifs is 1. The minimum absolute atomic E-state index is 0.0624. The predicted molar refractivity (Wildman–Crippen MR) is 79.6 cm³/mol. The number of aromatic nitrogens is 2. The van der Waals surface area contributed by atoms with Gasteiger partial charge in [-0.25, -0.2) is 13.1 Å². The van der Waals surface area contributed by atoms with Crippen LogP contribution in [-0.2, 0) is 23.1 Å². The standard InChI is InChI=1S/C13H17N3O3S2/c1-8-13(11(7-17)15-14-8)21(18,19)16-10-3-2-4-12-9(10)5-6-20-12/h5-6,10,16-17H,2-4,7H2,1H3,(H,14,15). The van der Waals surface area contributed by atoms with Gasteiger partial charge in [0.15, 0.2) is 0 Å². The number of rotatable bonds is 4. The van der Waals surface area contributed by atoms with Crippen molar-refractivity contribution in [1.29, 1.82) is 0 Å². The van der Waals surface area contributed by atoms with Crippen molar-refractivity contribution in [3.8, 4) is 0 Å². The molecule has 1 aliphatic carbocycles. The van der Waals surface area contributed by atoms with Crippen LogP contribution in [0.3, 0.4) is 0 Å².